The highest BCUT2D eigenvalue weighted by molar-refractivity contribution is 5.97. The molecule has 20 heavy (non-hydrogen) atoms. The van der Waals surface area contributed by atoms with Crippen molar-refractivity contribution in [3.05, 3.63) is 47.0 Å². The Morgan fingerprint density at radius 1 is 1.50 bits per heavy atom. The van der Waals surface area contributed by atoms with Crippen LogP contribution < -0.4 is 11.1 Å². The van der Waals surface area contributed by atoms with Crippen molar-refractivity contribution in [2.45, 2.75) is 13.3 Å². The molecule has 0 fully saturated rings. The number of amides is 1. The van der Waals surface area contributed by atoms with E-state index in [9.17, 15) is 9.18 Å². The summed E-state index contributed by atoms with van der Waals surface area (Å²) < 4.78 is 14.5. The third-order valence-corrected chi connectivity index (χ3v) is 3.07. The average molecular weight is 276 g/mol. The lowest BCUT2D eigenvalue weighted by Gasteiger charge is -2.06. The lowest BCUT2D eigenvalue weighted by Crippen LogP contribution is -2.28. The lowest BCUT2D eigenvalue weighted by atomic mass is 10.1. The second-order valence-electron chi connectivity index (χ2n) is 4.61. The van der Waals surface area contributed by atoms with E-state index in [1.165, 1.54) is 16.8 Å². The van der Waals surface area contributed by atoms with Crippen molar-refractivity contribution >= 4 is 11.6 Å². The number of aryl methyl sites for hydroxylation is 2. The second-order valence-corrected chi connectivity index (χ2v) is 4.61. The zero-order valence-corrected chi connectivity index (χ0v) is 11.5. The number of anilines is 1. The fraction of sp³-hybridized carbons (Fsp3) is 0.286. The third-order valence-electron chi connectivity index (χ3n) is 3.07. The number of benzene rings is 1. The summed E-state index contributed by atoms with van der Waals surface area (Å²) in [4.78, 5) is 12.0. The predicted molar refractivity (Wildman–Crippen MR) is 74.8 cm³/mol. The van der Waals surface area contributed by atoms with E-state index in [0.717, 1.165) is 5.56 Å². The molecular formula is C14H17FN4O. The first kappa shape index (κ1) is 14.0. The largest absolute Gasteiger partial charge is 0.395 e. The number of rotatable bonds is 4. The minimum Gasteiger partial charge on any atom is -0.395 e. The number of carbonyl (C=O) groups excluding carboxylic acids is 1. The van der Waals surface area contributed by atoms with Gasteiger partial charge in [-0.1, -0.05) is 12.1 Å². The summed E-state index contributed by atoms with van der Waals surface area (Å²) in [6.07, 6.45) is 0.556. The van der Waals surface area contributed by atoms with Crippen molar-refractivity contribution in [3.8, 4) is 0 Å². The molecule has 0 saturated heterocycles. The first-order valence-electron chi connectivity index (χ1n) is 6.30. The van der Waals surface area contributed by atoms with Crippen LogP contribution in [0.15, 0.2) is 24.3 Å². The summed E-state index contributed by atoms with van der Waals surface area (Å²) in [5, 5.41) is 6.85. The molecule has 0 aliphatic heterocycles. The average Bonchev–Trinajstić information content (AvgIpc) is 2.63. The van der Waals surface area contributed by atoms with E-state index >= 15 is 0 Å². The summed E-state index contributed by atoms with van der Waals surface area (Å²) in [6, 6.07) is 6.31. The van der Waals surface area contributed by atoms with Gasteiger partial charge in [-0.15, -0.1) is 0 Å². The monoisotopic (exact) mass is 276 g/mol. The number of hydrogen-bond donors (Lipinski definition) is 2. The van der Waals surface area contributed by atoms with E-state index in [4.69, 9.17) is 5.73 Å². The summed E-state index contributed by atoms with van der Waals surface area (Å²) in [6.45, 7) is 2.16. The predicted octanol–water partition coefficient (Wildman–Crippen LogP) is 1.42. The molecule has 0 saturated carbocycles. The number of nitrogens with one attached hydrogen (secondary N) is 1. The number of carbonyl (C=O) groups is 1. The number of nitrogen functional groups attached to an aromatic ring is 1. The molecule has 0 unspecified atom stereocenters. The first-order valence-corrected chi connectivity index (χ1v) is 6.30. The van der Waals surface area contributed by atoms with E-state index in [1.54, 1.807) is 20.0 Å². The molecule has 0 atom stereocenters. The van der Waals surface area contributed by atoms with Gasteiger partial charge in [0.15, 0.2) is 0 Å². The van der Waals surface area contributed by atoms with Crippen LogP contribution in [0.2, 0.25) is 0 Å². The van der Waals surface area contributed by atoms with Gasteiger partial charge < -0.3 is 11.1 Å². The van der Waals surface area contributed by atoms with Crippen LogP contribution in [0.1, 0.15) is 21.7 Å². The first-order chi connectivity index (χ1) is 9.49. The van der Waals surface area contributed by atoms with Gasteiger partial charge >= 0.3 is 0 Å². The van der Waals surface area contributed by atoms with E-state index in [1.807, 2.05) is 6.07 Å². The van der Waals surface area contributed by atoms with Gasteiger partial charge in [0.1, 0.15) is 11.5 Å². The Balaban J connectivity index is 1.96. The molecule has 0 bridgehead atoms. The Morgan fingerprint density at radius 2 is 2.25 bits per heavy atom. The zero-order valence-electron chi connectivity index (χ0n) is 11.5. The Morgan fingerprint density at radius 3 is 2.85 bits per heavy atom. The van der Waals surface area contributed by atoms with Crippen molar-refractivity contribution in [2.75, 3.05) is 12.3 Å². The summed E-state index contributed by atoms with van der Waals surface area (Å²) >= 11 is 0. The molecule has 0 aliphatic carbocycles. The normalized spacial score (nSPS) is 10.6. The molecule has 0 radical (unpaired) electrons. The zero-order chi connectivity index (χ0) is 14.7. The standard InChI is InChI=1S/C14H17FN4O/c1-9-12(16)13(19(2)18-9)14(20)17-7-6-10-4-3-5-11(15)8-10/h3-5,8H,6-7,16H2,1-2H3,(H,17,20). The highest BCUT2D eigenvalue weighted by atomic mass is 19.1. The number of nitrogens with zero attached hydrogens (tertiary/aromatic N) is 2. The molecule has 3 N–H and O–H groups in total. The maximum Gasteiger partial charge on any atom is 0.271 e. The van der Waals surface area contributed by atoms with Gasteiger partial charge in [0.05, 0.1) is 11.4 Å². The van der Waals surface area contributed by atoms with Crippen LogP contribution in [0, 0.1) is 12.7 Å². The van der Waals surface area contributed by atoms with E-state index in [-0.39, 0.29) is 11.7 Å². The molecule has 1 amide bonds. The maximum absolute atomic E-state index is 13.0. The van der Waals surface area contributed by atoms with Crippen LogP contribution in [-0.2, 0) is 13.5 Å². The van der Waals surface area contributed by atoms with E-state index < -0.39 is 0 Å². The highest BCUT2D eigenvalue weighted by Crippen LogP contribution is 2.14. The minimum atomic E-state index is -0.277. The Kier molecular flexibility index (Phi) is 4.02. The molecular weight excluding hydrogens is 259 g/mol. The van der Waals surface area contributed by atoms with Gasteiger partial charge in [0, 0.05) is 13.6 Å². The molecule has 2 aromatic rings. The fourth-order valence-corrected chi connectivity index (χ4v) is 2.04. The van der Waals surface area contributed by atoms with Crippen LogP contribution in [0.5, 0.6) is 0 Å². The fourth-order valence-electron chi connectivity index (χ4n) is 2.04. The molecule has 0 spiro atoms. The SMILES string of the molecule is Cc1nn(C)c(C(=O)NCCc2cccc(F)c2)c1N. The molecule has 0 aliphatic rings. The minimum absolute atomic E-state index is 0.276. The van der Waals surface area contributed by atoms with Crippen molar-refractivity contribution in [1.29, 1.82) is 0 Å². The molecule has 1 aromatic heterocycles. The van der Waals surface area contributed by atoms with Gasteiger partial charge in [0.25, 0.3) is 5.91 Å². The number of hydrogen-bond acceptors (Lipinski definition) is 3. The van der Waals surface area contributed by atoms with Crippen molar-refractivity contribution < 1.29 is 9.18 Å². The van der Waals surface area contributed by atoms with Gasteiger partial charge in [-0.3, -0.25) is 9.48 Å². The Bertz CT molecular complexity index is 636. The molecule has 2 rings (SSSR count). The maximum atomic E-state index is 13.0. The molecule has 1 heterocycles. The van der Waals surface area contributed by atoms with Crippen molar-refractivity contribution in [2.24, 2.45) is 7.05 Å². The van der Waals surface area contributed by atoms with Gasteiger partial charge in [-0.25, -0.2) is 4.39 Å². The smallest absolute Gasteiger partial charge is 0.271 e. The lowest BCUT2D eigenvalue weighted by molar-refractivity contribution is 0.0945. The Hall–Kier alpha value is -2.37. The van der Waals surface area contributed by atoms with Gasteiger partial charge in [-0.05, 0) is 31.0 Å². The molecule has 106 valence electrons. The number of aromatic nitrogens is 2. The quantitative estimate of drug-likeness (QED) is 0.887. The Labute approximate surface area is 116 Å². The van der Waals surface area contributed by atoms with E-state index in [2.05, 4.69) is 10.4 Å². The van der Waals surface area contributed by atoms with Crippen LogP contribution in [-0.4, -0.2) is 22.2 Å². The summed E-state index contributed by atoms with van der Waals surface area (Å²) in [7, 11) is 1.67. The second kappa shape index (κ2) is 5.73. The summed E-state index contributed by atoms with van der Waals surface area (Å²) in [5.41, 5.74) is 8.01. The highest BCUT2D eigenvalue weighted by Gasteiger charge is 2.17. The van der Waals surface area contributed by atoms with Crippen molar-refractivity contribution in [3.63, 3.8) is 0 Å². The van der Waals surface area contributed by atoms with Crippen LogP contribution in [0.4, 0.5) is 10.1 Å². The van der Waals surface area contributed by atoms with Gasteiger partial charge in [0.2, 0.25) is 0 Å². The van der Waals surface area contributed by atoms with E-state index in [0.29, 0.717) is 30.0 Å². The van der Waals surface area contributed by atoms with Crippen LogP contribution in [0.25, 0.3) is 0 Å². The topological polar surface area (TPSA) is 72.9 Å². The molecule has 1 aromatic carbocycles. The molecule has 6 heteroatoms. The van der Waals surface area contributed by atoms with Crippen LogP contribution in [0.3, 0.4) is 0 Å². The number of halogens is 1. The van der Waals surface area contributed by atoms with Crippen LogP contribution >= 0.6 is 0 Å². The van der Waals surface area contributed by atoms with Gasteiger partial charge in [-0.2, -0.15) is 5.10 Å². The van der Waals surface area contributed by atoms with Crippen molar-refractivity contribution in [1.82, 2.24) is 15.1 Å². The number of nitrogens with two attached hydrogens (primary N) is 1. The third kappa shape index (κ3) is 2.96. The summed E-state index contributed by atoms with van der Waals surface area (Å²) in [5.74, 6) is -0.553. The molecule has 5 nitrogen and oxygen atoms in total.